The zero-order valence-electron chi connectivity index (χ0n) is 10.6. The van der Waals surface area contributed by atoms with Gasteiger partial charge in [0.2, 0.25) is 0 Å². The van der Waals surface area contributed by atoms with Crippen molar-refractivity contribution >= 4 is 0 Å². The summed E-state index contributed by atoms with van der Waals surface area (Å²) < 4.78 is 5.20. The van der Waals surface area contributed by atoms with E-state index in [0.29, 0.717) is 6.04 Å². The second-order valence-corrected chi connectivity index (χ2v) is 4.15. The number of hydrogen-bond donors (Lipinski definition) is 1. The molecule has 1 atom stereocenters. The third-order valence-electron chi connectivity index (χ3n) is 2.51. The maximum atomic E-state index is 8.40. The van der Waals surface area contributed by atoms with Crippen molar-refractivity contribution in [2.75, 3.05) is 13.2 Å². The predicted molar refractivity (Wildman–Crippen MR) is 69.0 cm³/mol. The maximum Gasteiger partial charge on any atom is 0.174 e. The molecule has 1 rings (SSSR count). The molecule has 0 bridgehead atoms. The van der Waals surface area contributed by atoms with Crippen molar-refractivity contribution in [1.82, 2.24) is 5.32 Å². The summed E-state index contributed by atoms with van der Waals surface area (Å²) >= 11 is 0. The van der Waals surface area contributed by atoms with Crippen molar-refractivity contribution in [2.24, 2.45) is 0 Å². The molecule has 0 aliphatic heterocycles. The van der Waals surface area contributed by atoms with Gasteiger partial charge in [-0.3, -0.25) is 0 Å². The largest absolute Gasteiger partial charge is 0.479 e. The molecule has 3 heteroatoms. The zero-order chi connectivity index (χ0) is 12.5. The van der Waals surface area contributed by atoms with Crippen LogP contribution in [0.25, 0.3) is 0 Å². The molecule has 0 heterocycles. The first-order valence-electron chi connectivity index (χ1n) is 6.08. The van der Waals surface area contributed by atoms with E-state index in [0.717, 1.165) is 25.1 Å². The lowest BCUT2D eigenvalue weighted by molar-refractivity contribution is 0.368. The molecule has 0 saturated carbocycles. The van der Waals surface area contributed by atoms with E-state index in [2.05, 4.69) is 31.3 Å². The van der Waals surface area contributed by atoms with Crippen LogP contribution in [0.4, 0.5) is 0 Å². The molecule has 0 aliphatic rings. The van der Waals surface area contributed by atoms with E-state index in [9.17, 15) is 0 Å². The highest BCUT2D eigenvalue weighted by atomic mass is 16.5. The second kappa shape index (κ2) is 7.70. The summed E-state index contributed by atoms with van der Waals surface area (Å²) in [5.74, 6) is 0.754. The fourth-order valence-corrected chi connectivity index (χ4v) is 1.65. The minimum atomic E-state index is 0.105. The summed E-state index contributed by atoms with van der Waals surface area (Å²) in [6.07, 6.45) is 2.17. The molecule has 0 spiro atoms. The van der Waals surface area contributed by atoms with Gasteiger partial charge < -0.3 is 10.1 Å². The number of nitrogens with zero attached hydrogens (tertiary/aromatic N) is 1. The van der Waals surface area contributed by atoms with Crippen molar-refractivity contribution in [3.8, 4) is 11.8 Å². The molecule has 1 aromatic carbocycles. The molecule has 17 heavy (non-hydrogen) atoms. The van der Waals surface area contributed by atoms with Crippen LogP contribution in [-0.2, 0) is 6.42 Å². The number of ether oxygens (including phenoxy) is 1. The number of benzene rings is 1. The summed E-state index contributed by atoms with van der Waals surface area (Å²) in [5, 5.41) is 11.9. The van der Waals surface area contributed by atoms with Gasteiger partial charge in [-0.25, -0.2) is 0 Å². The molecule has 0 aromatic heterocycles. The van der Waals surface area contributed by atoms with Gasteiger partial charge in [-0.1, -0.05) is 19.1 Å². The summed E-state index contributed by atoms with van der Waals surface area (Å²) in [4.78, 5) is 0. The third kappa shape index (κ3) is 5.37. The Morgan fingerprint density at radius 1 is 1.35 bits per heavy atom. The van der Waals surface area contributed by atoms with Gasteiger partial charge >= 0.3 is 0 Å². The quantitative estimate of drug-likeness (QED) is 0.785. The molecule has 3 nitrogen and oxygen atoms in total. The Morgan fingerprint density at radius 3 is 2.65 bits per heavy atom. The molecule has 92 valence electrons. The standard InChI is InChI=1S/C14H20N2O/c1-3-9-16-12(2)11-13-4-6-14(7-5-13)17-10-8-15/h4-7,12,16H,3,9-11H2,1-2H3. The van der Waals surface area contributed by atoms with Crippen LogP contribution in [-0.4, -0.2) is 19.2 Å². The van der Waals surface area contributed by atoms with Crippen molar-refractivity contribution in [3.63, 3.8) is 0 Å². The Balaban J connectivity index is 2.42. The Morgan fingerprint density at radius 2 is 2.06 bits per heavy atom. The normalized spacial score (nSPS) is 11.8. The molecular weight excluding hydrogens is 212 g/mol. The van der Waals surface area contributed by atoms with E-state index in [1.54, 1.807) is 0 Å². The molecule has 1 N–H and O–H groups in total. The molecular formula is C14H20N2O. The van der Waals surface area contributed by atoms with Gasteiger partial charge in [0.25, 0.3) is 0 Å². The molecule has 0 aliphatic carbocycles. The zero-order valence-corrected chi connectivity index (χ0v) is 10.6. The SMILES string of the molecule is CCCNC(C)Cc1ccc(OCC#N)cc1. The first-order valence-corrected chi connectivity index (χ1v) is 6.08. The molecule has 0 saturated heterocycles. The highest BCUT2D eigenvalue weighted by Gasteiger charge is 2.02. The molecule has 1 aromatic rings. The van der Waals surface area contributed by atoms with Gasteiger partial charge in [0.05, 0.1) is 0 Å². The lowest BCUT2D eigenvalue weighted by Crippen LogP contribution is -2.28. The first kappa shape index (κ1) is 13.5. The summed E-state index contributed by atoms with van der Waals surface area (Å²) in [5.41, 5.74) is 1.28. The van der Waals surface area contributed by atoms with Gasteiger partial charge in [-0.05, 0) is 44.0 Å². The van der Waals surface area contributed by atoms with Crippen molar-refractivity contribution in [3.05, 3.63) is 29.8 Å². The van der Waals surface area contributed by atoms with E-state index >= 15 is 0 Å². The van der Waals surface area contributed by atoms with Crippen LogP contribution in [0, 0.1) is 11.3 Å². The Hall–Kier alpha value is -1.53. The summed E-state index contributed by atoms with van der Waals surface area (Å²) in [6.45, 7) is 5.52. The van der Waals surface area contributed by atoms with E-state index in [-0.39, 0.29) is 6.61 Å². The predicted octanol–water partition coefficient (Wildman–Crippen LogP) is 2.52. The Labute approximate surface area is 103 Å². The van der Waals surface area contributed by atoms with Crippen molar-refractivity contribution in [1.29, 1.82) is 5.26 Å². The second-order valence-electron chi connectivity index (χ2n) is 4.15. The summed E-state index contributed by atoms with van der Waals surface area (Å²) in [7, 11) is 0. The maximum absolute atomic E-state index is 8.40. The summed E-state index contributed by atoms with van der Waals surface area (Å²) in [6, 6.07) is 10.4. The average molecular weight is 232 g/mol. The third-order valence-corrected chi connectivity index (χ3v) is 2.51. The van der Waals surface area contributed by atoms with E-state index in [4.69, 9.17) is 10.00 Å². The van der Waals surface area contributed by atoms with Crippen LogP contribution in [0.3, 0.4) is 0 Å². The minimum absolute atomic E-state index is 0.105. The first-order chi connectivity index (χ1) is 8.26. The van der Waals surface area contributed by atoms with Crippen molar-refractivity contribution < 1.29 is 4.74 Å². The average Bonchev–Trinajstić information content (AvgIpc) is 2.35. The Kier molecular flexibility index (Phi) is 6.13. The van der Waals surface area contributed by atoms with Crippen LogP contribution >= 0.6 is 0 Å². The van der Waals surface area contributed by atoms with E-state index < -0.39 is 0 Å². The highest BCUT2D eigenvalue weighted by Crippen LogP contribution is 2.13. The fraction of sp³-hybridized carbons (Fsp3) is 0.500. The lowest BCUT2D eigenvalue weighted by atomic mass is 10.1. The van der Waals surface area contributed by atoms with Crippen LogP contribution in [0.2, 0.25) is 0 Å². The van der Waals surface area contributed by atoms with Crippen LogP contribution in [0.5, 0.6) is 5.75 Å². The van der Waals surface area contributed by atoms with Crippen LogP contribution < -0.4 is 10.1 Å². The van der Waals surface area contributed by atoms with E-state index in [1.165, 1.54) is 5.56 Å². The lowest BCUT2D eigenvalue weighted by Gasteiger charge is -2.13. The Bertz CT molecular complexity index is 353. The molecule has 0 amide bonds. The fourth-order valence-electron chi connectivity index (χ4n) is 1.65. The van der Waals surface area contributed by atoms with E-state index in [1.807, 2.05) is 18.2 Å². The molecule has 0 radical (unpaired) electrons. The van der Waals surface area contributed by atoms with Crippen molar-refractivity contribution in [2.45, 2.75) is 32.7 Å². The van der Waals surface area contributed by atoms with Crippen LogP contribution in [0.1, 0.15) is 25.8 Å². The number of nitriles is 1. The minimum Gasteiger partial charge on any atom is -0.479 e. The monoisotopic (exact) mass is 232 g/mol. The smallest absolute Gasteiger partial charge is 0.174 e. The highest BCUT2D eigenvalue weighted by molar-refractivity contribution is 5.27. The van der Waals surface area contributed by atoms with Gasteiger partial charge in [0.1, 0.15) is 11.8 Å². The number of nitrogens with one attached hydrogen (secondary N) is 1. The van der Waals surface area contributed by atoms with Crippen LogP contribution in [0.15, 0.2) is 24.3 Å². The number of hydrogen-bond acceptors (Lipinski definition) is 3. The van der Waals surface area contributed by atoms with Gasteiger partial charge in [-0.15, -0.1) is 0 Å². The van der Waals surface area contributed by atoms with Gasteiger partial charge in [-0.2, -0.15) is 5.26 Å². The molecule has 1 unspecified atom stereocenters. The van der Waals surface area contributed by atoms with Gasteiger partial charge in [0, 0.05) is 6.04 Å². The topological polar surface area (TPSA) is 45.0 Å². The molecule has 0 fully saturated rings. The number of rotatable bonds is 7. The van der Waals surface area contributed by atoms with Gasteiger partial charge in [0.15, 0.2) is 6.61 Å².